The molecule has 0 atom stereocenters. The van der Waals surface area contributed by atoms with Crippen molar-refractivity contribution in [3.8, 4) is 17.6 Å². The van der Waals surface area contributed by atoms with E-state index in [1.165, 1.54) is 0 Å². The van der Waals surface area contributed by atoms with Gasteiger partial charge in [0.2, 0.25) is 5.88 Å². The molecule has 0 fully saturated rings. The molecule has 1 aromatic carbocycles. The number of para-hydroxylation sites is 1. The summed E-state index contributed by atoms with van der Waals surface area (Å²) in [5, 5.41) is 4.24. The summed E-state index contributed by atoms with van der Waals surface area (Å²) in [6.07, 6.45) is 1.59. The van der Waals surface area contributed by atoms with Crippen molar-refractivity contribution in [2.45, 2.75) is 5.88 Å². The van der Waals surface area contributed by atoms with Gasteiger partial charge in [-0.15, -0.1) is 16.7 Å². The number of halogens is 1. The predicted molar refractivity (Wildman–Crippen MR) is 75.2 cm³/mol. The maximum absolute atomic E-state index is 5.73. The van der Waals surface area contributed by atoms with Crippen molar-refractivity contribution in [3.63, 3.8) is 0 Å². The van der Waals surface area contributed by atoms with Crippen LogP contribution in [-0.2, 0) is 5.88 Å². The third kappa shape index (κ3) is 2.78. The van der Waals surface area contributed by atoms with E-state index < -0.39 is 0 Å². The third-order valence-corrected chi connectivity index (χ3v) is 2.88. The monoisotopic (exact) mass is 286 g/mol. The molecule has 0 aliphatic rings. The fourth-order valence-corrected chi connectivity index (χ4v) is 1.83. The van der Waals surface area contributed by atoms with Gasteiger partial charge in [0.25, 0.3) is 0 Å². The highest BCUT2D eigenvalue weighted by Crippen LogP contribution is 2.16. The first-order chi connectivity index (χ1) is 9.85. The van der Waals surface area contributed by atoms with E-state index in [0.29, 0.717) is 11.8 Å². The number of hydrogen-bond acceptors (Lipinski definition) is 4. The minimum Gasteiger partial charge on any atom is -0.404 e. The van der Waals surface area contributed by atoms with Gasteiger partial charge in [-0.25, -0.2) is 9.67 Å². The topological polar surface area (TPSA) is 52.8 Å². The smallest absolute Gasteiger partial charge is 0.342 e. The van der Waals surface area contributed by atoms with Crippen molar-refractivity contribution in [2.75, 3.05) is 0 Å². The first-order valence-electron chi connectivity index (χ1n) is 6.02. The molecule has 0 unspecified atom stereocenters. The van der Waals surface area contributed by atoms with Crippen LogP contribution in [0.2, 0.25) is 0 Å². The number of alkyl halides is 1. The van der Waals surface area contributed by atoms with Crippen LogP contribution >= 0.6 is 11.6 Å². The van der Waals surface area contributed by atoms with Crippen molar-refractivity contribution >= 4 is 11.6 Å². The molecule has 0 N–H and O–H groups in total. The molecule has 20 heavy (non-hydrogen) atoms. The van der Waals surface area contributed by atoms with Gasteiger partial charge < -0.3 is 4.74 Å². The molecule has 0 aliphatic carbocycles. The molecule has 100 valence electrons. The summed E-state index contributed by atoms with van der Waals surface area (Å²) in [5.74, 6) is 0.761. The number of nitrogens with zero attached hydrogens (tertiary/aromatic N) is 4. The number of aromatic nitrogens is 4. The molecule has 0 saturated heterocycles. The molecule has 0 bridgehead atoms. The molecule has 0 spiro atoms. The van der Waals surface area contributed by atoms with Crippen LogP contribution in [0, 0.1) is 0 Å². The Balaban J connectivity index is 1.80. The van der Waals surface area contributed by atoms with E-state index in [4.69, 9.17) is 16.3 Å². The molecule has 0 aliphatic heterocycles. The summed E-state index contributed by atoms with van der Waals surface area (Å²) in [6.45, 7) is 0. The highest BCUT2D eigenvalue weighted by molar-refractivity contribution is 6.16. The fourth-order valence-electron chi connectivity index (χ4n) is 1.68. The zero-order valence-corrected chi connectivity index (χ0v) is 11.2. The number of benzene rings is 1. The van der Waals surface area contributed by atoms with E-state index in [2.05, 4.69) is 15.1 Å². The first kappa shape index (κ1) is 12.6. The van der Waals surface area contributed by atoms with E-state index >= 15 is 0 Å². The second kappa shape index (κ2) is 5.71. The second-order valence-electron chi connectivity index (χ2n) is 4.01. The van der Waals surface area contributed by atoms with Gasteiger partial charge in [0.1, 0.15) is 6.33 Å². The van der Waals surface area contributed by atoms with E-state index in [-0.39, 0.29) is 6.01 Å². The molecule has 2 aromatic heterocycles. The number of rotatable bonds is 4. The fraction of sp³-hybridized carbons (Fsp3) is 0.0714. The summed E-state index contributed by atoms with van der Waals surface area (Å²) in [5.41, 5.74) is 1.66. The van der Waals surface area contributed by atoms with E-state index in [9.17, 15) is 0 Å². The molecule has 0 saturated carbocycles. The van der Waals surface area contributed by atoms with Crippen LogP contribution in [0.5, 0.6) is 11.9 Å². The summed E-state index contributed by atoms with van der Waals surface area (Å²) >= 11 is 5.73. The maximum atomic E-state index is 5.73. The zero-order chi connectivity index (χ0) is 13.8. The lowest BCUT2D eigenvalue weighted by molar-refractivity contribution is 0.423. The average Bonchev–Trinajstić information content (AvgIpc) is 2.97. The maximum Gasteiger partial charge on any atom is 0.342 e. The Morgan fingerprint density at radius 1 is 1.05 bits per heavy atom. The molecule has 2 heterocycles. The predicted octanol–water partition coefficient (Wildman–Crippen LogP) is 3.19. The Bertz CT molecular complexity index is 699. The van der Waals surface area contributed by atoms with Gasteiger partial charge in [0.05, 0.1) is 17.3 Å². The average molecular weight is 287 g/mol. The number of hydrogen-bond donors (Lipinski definition) is 0. The van der Waals surface area contributed by atoms with Crippen LogP contribution in [0.15, 0.2) is 54.9 Å². The van der Waals surface area contributed by atoms with Gasteiger partial charge in [-0.3, -0.25) is 0 Å². The minimum absolute atomic E-state index is 0.244. The molecule has 3 aromatic rings. The molecule has 0 amide bonds. The van der Waals surface area contributed by atoms with Gasteiger partial charge in [0.15, 0.2) is 0 Å². The Morgan fingerprint density at radius 3 is 2.70 bits per heavy atom. The van der Waals surface area contributed by atoms with Crippen molar-refractivity contribution < 1.29 is 4.74 Å². The van der Waals surface area contributed by atoms with Gasteiger partial charge in [-0.1, -0.05) is 24.3 Å². The number of pyridine rings is 1. The Kier molecular flexibility index (Phi) is 3.60. The quantitative estimate of drug-likeness (QED) is 0.691. The largest absolute Gasteiger partial charge is 0.404 e. The summed E-state index contributed by atoms with van der Waals surface area (Å²) in [6, 6.07) is 15.3. The summed E-state index contributed by atoms with van der Waals surface area (Å²) in [7, 11) is 0. The van der Waals surface area contributed by atoms with E-state index in [1.807, 2.05) is 42.5 Å². The molecule has 0 radical (unpaired) electrons. The SMILES string of the molecule is ClCc1cccc(Oc2ncn(-c3ccccc3)n2)n1. The summed E-state index contributed by atoms with van der Waals surface area (Å²) < 4.78 is 7.15. The lowest BCUT2D eigenvalue weighted by Crippen LogP contribution is -1.96. The van der Waals surface area contributed by atoms with Crippen LogP contribution in [0.3, 0.4) is 0 Å². The van der Waals surface area contributed by atoms with Crippen molar-refractivity contribution in [1.29, 1.82) is 0 Å². The molecule has 3 rings (SSSR count). The second-order valence-corrected chi connectivity index (χ2v) is 4.28. The molecule has 5 nitrogen and oxygen atoms in total. The van der Waals surface area contributed by atoms with Crippen molar-refractivity contribution in [1.82, 2.24) is 19.7 Å². The molecular formula is C14H11ClN4O. The third-order valence-electron chi connectivity index (χ3n) is 2.61. The minimum atomic E-state index is 0.244. The highest BCUT2D eigenvalue weighted by atomic mass is 35.5. The van der Waals surface area contributed by atoms with Gasteiger partial charge in [-0.2, -0.15) is 4.98 Å². The van der Waals surface area contributed by atoms with Crippen LogP contribution < -0.4 is 4.74 Å². The highest BCUT2D eigenvalue weighted by Gasteiger charge is 2.06. The number of ether oxygens (including phenoxy) is 1. The standard InChI is InChI=1S/C14H11ClN4O/c15-9-11-5-4-8-13(17-11)20-14-16-10-19(18-14)12-6-2-1-3-7-12/h1-8,10H,9H2. The van der Waals surface area contributed by atoms with Crippen LogP contribution in [-0.4, -0.2) is 19.7 Å². The Labute approximate surface area is 120 Å². The Hall–Kier alpha value is -2.40. The van der Waals surface area contributed by atoms with Crippen LogP contribution in [0.4, 0.5) is 0 Å². The van der Waals surface area contributed by atoms with Crippen molar-refractivity contribution in [2.24, 2.45) is 0 Å². The lowest BCUT2D eigenvalue weighted by atomic mass is 10.3. The summed E-state index contributed by atoms with van der Waals surface area (Å²) in [4.78, 5) is 8.33. The molecular weight excluding hydrogens is 276 g/mol. The lowest BCUT2D eigenvalue weighted by Gasteiger charge is -2.01. The van der Waals surface area contributed by atoms with Gasteiger partial charge >= 0.3 is 6.01 Å². The first-order valence-corrected chi connectivity index (χ1v) is 6.55. The van der Waals surface area contributed by atoms with Crippen LogP contribution in [0.25, 0.3) is 5.69 Å². The molecule has 6 heteroatoms. The Morgan fingerprint density at radius 2 is 1.90 bits per heavy atom. The zero-order valence-electron chi connectivity index (χ0n) is 10.5. The van der Waals surface area contributed by atoms with Crippen molar-refractivity contribution in [3.05, 3.63) is 60.6 Å². The van der Waals surface area contributed by atoms with E-state index in [0.717, 1.165) is 11.4 Å². The van der Waals surface area contributed by atoms with Gasteiger partial charge in [0, 0.05) is 6.07 Å². The normalized spacial score (nSPS) is 10.4. The van der Waals surface area contributed by atoms with Crippen LogP contribution in [0.1, 0.15) is 5.69 Å². The van der Waals surface area contributed by atoms with E-state index in [1.54, 1.807) is 17.1 Å². The van der Waals surface area contributed by atoms with Gasteiger partial charge in [-0.05, 0) is 18.2 Å².